The summed E-state index contributed by atoms with van der Waals surface area (Å²) in [6, 6.07) is 35.4. The third kappa shape index (κ3) is 2.44. The van der Waals surface area contributed by atoms with Crippen molar-refractivity contribution in [1.29, 1.82) is 0 Å². The molecule has 1 aliphatic heterocycles. The van der Waals surface area contributed by atoms with Crippen LogP contribution in [0.25, 0.3) is 11.1 Å². The number of hydrogen-bond acceptors (Lipinski definition) is 2. The van der Waals surface area contributed by atoms with Crippen molar-refractivity contribution >= 4 is 17.1 Å². The fourth-order valence-corrected chi connectivity index (χ4v) is 3.42. The molecule has 0 saturated heterocycles. The molecule has 4 aromatic rings. The van der Waals surface area contributed by atoms with Crippen molar-refractivity contribution in [1.82, 2.24) is 0 Å². The van der Waals surface area contributed by atoms with Crippen LogP contribution in [0.4, 0.5) is 17.1 Å². The van der Waals surface area contributed by atoms with E-state index >= 15 is 0 Å². The van der Waals surface area contributed by atoms with Crippen LogP contribution in [0.3, 0.4) is 0 Å². The Kier molecular flexibility index (Phi) is 3.46. The highest BCUT2D eigenvalue weighted by molar-refractivity contribution is 5.87. The lowest BCUT2D eigenvalue weighted by atomic mass is 10.0. The predicted molar refractivity (Wildman–Crippen MR) is 107 cm³/mol. The summed E-state index contributed by atoms with van der Waals surface area (Å²) in [5.41, 5.74) is 5.56. The number of fused-ring (bicyclic) bond motifs is 2. The van der Waals surface area contributed by atoms with Gasteiger partial charge in [-0.15, -0.1) is 0 Å². The zero-order valence-electron chi connectivity index (χ0n) is 14.2. The van der Waals surface area contributed by atoms with Gasteiger partial charge >= 0.3 is 0 Å². The molecular weight excluding hydrogens is 318 g/mol. The second kappa shape index (κ2) is 6.08. The maximum absolute atomic E-state index is 6.25. The number of rotatable bonds is 2. The van der Waals surface area contributed by atoms with Crippen LogP contribution < -0.4 is 9.64 Å². The molecule has 1 aliphatic rings. The van der Waals surface area contributed by atoms with Gasteiger partial charge in [0.15, 0.2) is 11.5 Å². The van der Waals surface area contributed by atoms with Crippen LogP contribution in [-0.4, -0.2) is 0 Å². The summed E-state index contributed by atoms with van der Waals surface area (Å²) in [5, 5.41) is 0. The maximum Gasteiger partial charge on any atom is 0.152 e. The lowest BCUT2D eigenvalue weighted by Gasteiger charge is -2.33. The SMILES string of the molecule is c1ccc(-c2ccc3c(c2)Oc2ccccc2N3c2ccccc2)cc1. The third-order valence-corrected chi connectivity index (χ3v) is 4.65. The van der Waals surface area contributed by atoms with E-state index in [1.807, 2.05) is 30.3 Å². The first-order chi connectivity index (χ1) is 12.9. The van der Waals surface area contributed by atoms with E-state index in [2.05, 4.69) is 77.7 Å². The molecule has 0 N–H and O–H groups in total. The van der Waals surface area contributed by atoms with Gasteiger partial charge in [-0.25, -0.2) is 0 Å². The van der Waals surface area contributed by atoms with Crippen LogP contribution in [0.2, 0.25) is 0 Å². The number of nitrogens with zero attached hydrogens (tertiary/aromatic N) is 1. The second-order valence-electron chi connectivity index (χ2n) is 6.29. The van der Waals surface area contributed by atoms with Gasteiger partial charge in [0.25, 0.3) is 0 Å². The van der Waals surface area contributed by atoms with Crippen molar-refractivity contribution in [2.75, 3.05) is 4.90 Å². The summed E-state index contributed by atoms with van der Waals surface area (Å²) >= 11 is 0. The van der Waals surface area contributed by atoms with Crippen molar-refractivity contribution in [3.8, 4) is 22.6 Å². The average molecular weight is 335 g/mol. The smallest absolute Gasteiger partial charge is 0.152 e. The molecule has 0 atom stereocenters. The Labute approximate surface area is 152 Å². The quantitative estimate of drug-likeness (QED) is 0.347. The first-order valence-corrected chi connectivity index (χ1v) is 8.72. The highest BCUT2D eigenvalue weighted by atomic mass is 16.5. The minimum absolute atomic E-state index is 0.869. The van der Waals surface area contributed by atoms with Gasteiger partial charge in [0.2, 0.25) is 0 Å². The molecule has 0 spiro atoms. The van der Waals surface area contributed by atoms with Crippen LogP contribution >= 0.6 is 0 Å². The normalized spacial score (nSPS) is 12.1. The zero-order chi connectivity index (χ0) is 17.3. The van der Waals surface area contributed by atoms with Gasteiger partial charge in [-0.2, -0.15) is 0 Å². The average Bonchev–Trinajstić information content (AvgIpc) is 2.73. The lowest BCUT2D eigenvalue weighted by molar-refractivity contribution is 0.477. The topological polar surface area (TPSA) is 12.5 Å². The summed E-state index contributed by atoms with van der Waals surface area (Å²) in [6.07, 6.45) is 0. The predicted octanol–water partition coefficient (Wildman–Crippen LogP) is 6.93. The van der Waals surface area contributed by atoms with E-state index < -0.39 is 0 Å². The van der Waals surface area contributed by atoms with Crippen LogP contribution in [0.15, 0.2) is 103 Å². The summed E-state index contributed by atoms with van der Waals surface area (Å²) < 4.78 is 6.25. The van der Waals surface area contributed by atoms with E-state index in [-0.39, 0.29) is 0 Å². The van der Waals surface area contributed by atoms with Gasteiger partial charge in [-0.3, -0.25) is 0 Å². The lowest BCUT2D eigenvalue weighted by Crippen LogP contribution is -2.15. The summed E-state index contributed by atoms with van der Waals surface area (Å²) in [6.45, 7) is 0. The Morgan fingerprint density at radius 2 is 1.15 bits per heavy atom. The highest BCUT2D eigenvalue weighted by Crippen LogP contribution is 2.50. The fraction of sp³-hybridized carbons (Fsp3) is 0. The molecule has 2 heteroatoms. The van der Waals surface area contributed by atoms with Gasteiger partial charge in [-0.05, 0) is 47.5 Å². The Hall–Kier alpha value is -3.52. The monoisotopic (exact) mass is 335 g/mol. The largest absolute Gasteiger partial charge is 0.453 e. The standard InChI is InChI=1S/C24H17NO/c1-3-9-18(10-4-1)19-15-16-22-24(17-19)26-23-14-8-7-13-21(23)25(22)20-11-5-2-6-12-20/h1-17H. The van der Waals surface area contributed by atoms with E-state index in [1.165, 1.54) is 5.56 Å². The summed E-state index contributed by atoms with van der Waals surface area (Å²) in [4.78, 5) is 2.25. The molecule has 0 bridgehead atoms. The molecule has 26 heavy (non-hydrogen) atoms. The molecule has 124 valence electrons. The molecular formula is C24H17NO. The maximum atomic E-state index is 6.25. The number of para-hydroxylation sites is 3. The molecule has 0 saturated carbocycles. The van der Waals surface area contributed by atoms with Gasteiger partial charge in [-0.1, -0.05) is 66.7 Å². The van der Waals surface area contributed by atoms with E-state index in [9.17, 15) is 0 Å². The third-order valence-electron chi connectivity index (χ3n) is 4.65. The van der Waals surface area contributed by atoms with Gasteiger partial charge in [0.05, 0.1) is 11.4 Å². The highest BCUT2D eigenvalue weighted by Gasteiger charge is 2.25. The molecule has 4 aromatic carbocycles. The minimum Gasteiger partial charge on any atom is -0.453 e. The number of anilines is 3. The summed E-state index contributed by atoms with van der Waals surface area (Å²) in [7, 11) is 0. The number of benzene rings is 4. The Morgan fingerprint density at radius 1 is 0.500 bits per heavy atom. The Balaban J connectivity index is 1.69. The van der Waals surface area contributed by atoms with E-state index in [0.29, 0.717) is 0 Å². The molecule has 0 amide bonds. The van der Waals surface area contributed by atoms with Crippen LogP contribution in [0.1, 0.15) is 0 Å². The molecule has 0 aromatic heterocycles. The van der Waals surface area contributed by atoms with E-state index in [1.54, 1.807) is 0 Å². The Bertz CT molecular complexity index is 1060. The minimum atomic E-state index is 0.869. The molecule has 5 rings (SSSR count). The first kappa shape index (κ1) is 14.8. The zero-order valence-corrected chi connectivity index (χ0v) is 14.2. The molecule has 1 heterocycles. The molecule has 0 aliphatic carbocycles. The van der Waals surface area contributed by atoms with Gasteiger partial charge < -0.3 is 9.64 Å². The number of ether oxygens (including phenoxy) is 1. The molecule has 2 nitrogen and oxygen atoms in total. The van der Waals surface area contributed by atoms with Crippen molar-refractivity contribution in [3.63, 3.8) is 0 Å². The van der Waals surface area contributed by atoms with Crippen LogP contribution in [0, 0.1) is 0 Å². The van der Waals surface area contributed by atoms with E-state index in [0.717, 1.165) is 34.1 Å². The van der Waals surface area contributed by atoms with E-state index in [4.69, 9.17) is 4.74 Å². The van der Waals surface area contributed by atoms with Gasteiger partial charge in [0, 0.05) is 5.69 Å². The number of hydrogen-bond donors (Lipinski definition) is 0. The molecule has 0 fully saturated rings. The van der Waals surface area contributed by atoms with Crippen molar-refractivity contribution < 1.29 is 4.74 Å². The van der Waals surface area contributed by atoms with Crippen molar-refractivity contribution in [2.45, 2.75) is 0 Å². The van der Waals surface area contributed by atoms with Crippen molar-refractivity contribution in [2.24, 2.45) is 0 Å². The molecule has 0 radical (unpaired) electrons. The van der Waals surface area contributed by atoms with Crippen LogP contribution in [-0.2, 0) is 0 Å². The second-order valence-corrected chi connectivity index (χ2v) is 6.29. The fourth-order valence-electron chi connectivity index (χ4n) is 3.42. The molecule has 0 unspecified atom stereocenters. The Morgan fingerprint density at radius 3 is 1.96 bits per heavy atom. The van der Waals surface area contributed by atoms with Gasteiger partial charge in [0.1, 0.15) is 0 Å². The van der Waals surface area contributed by atoms with Crippen molar-refractivity contribution in [3.05, 3.63) is 103 Å². The van der Waals surface area contributed by atoms with Crippen LogP contribution in [0.5, 0.6) is 11.5 Å². The first-order valence-electron chi connectivity index (χ1n) is 8.72. The summed E-state index contributed by atoms with van der Waals surface area (Å²) in [5.74, 6) is 1.74.